The van der Waals surface area contributed by atoms with E-state index in [4.69, 9.17) is 16.3 Å². The minimum Gasteiger partial charge on any atom is -0.496 e. The summed E-state index contributed by atoms with van der Waals surface area (Å²) >= 11 is 9.34. The summed E-state index contributed by atoms with van der Waals surface area (Å²) in [5.41, 5.74) is 1.17. The van der Waals surface area contributed by atoms with Crippen LogP contribution in [0.5, 0.6) is 5.75 Å². The summed E-state index contributed by atoms with van der Waals surface area (Å²) in [4.78, 5) is 0. The summed E-state index contributed by atoms with van der Waals surface area (Å²) in [6.45, 7) is 1.84. The van der Waals surface area contributed by atoms with Gasteiger partial charge < -0.3 is 9.84 Å². The van der Waals surface area contributed by atoms with Crippen molar-refractivity contribution in [1.82, 2.24) is 0 Å². The highest BCUT2D eigenvalue weighted by Crippen LogP contribution is 2.28. The second-order valence-corrected chi connectivity index (χ2v) is 6.79. The Morgan fingerprint density at radius 2 is 1.81 bits per heavy atom. The van der Waals surface area contributed by atoms with Gasteiger partial charge in [-0.3, -0.25) is 0 Å². The molecule has 21 heavy (non-hydrogen) atoms. The Morgan fingerprint density at radius 1 is 1.14 bits per heavy atom. The maximum Gasteiger partial charge on any atom is 0.122 e. The largest absolute Gasteiger partial charge is 0.496 e. The lowest BCUT2D eigenvalue weighted by Crippen LogP contribution is -2.30. The summed E-state index contributed by atoms with van der Waals surface area (Å²) in [5.74, 6) is 0.787. The highest BCUT2D eigenvalue weighted by atomic mass is 79.9. The molecule has 0 spiro atoms. The zero-order valence-corrected chi connectivity index (χ0v) is 14.4. The molecule has 0 bridgehead atoms. The van der Waals surface area contributed by atoms with Crippen LogP contribution in [0.25, 0.3) is 0 Å². The van der Waals surface area contributed by atoms with E-state index in [1.807, 2.05) is 49.4 Å². The van der Waals surface area contributed by atoms with Crippen molar-refractivity contribution in [2.45, 2.75) is 25.4 Å². The summed E-state index contributed by atoms with van der Waals surface area (Å²) in [5, 5.41) is 11.4. The molecule has 0 saturated heterocycles. The summed E-state index contributed by atoms with van der Waals surface area (Å²) in [6.07, 6.45) is 1.07. The Bertz CT molecular complexity index is 609. The van der Waals surface area contributed by atoms with Gasteiger partial charge in [-0.1, -0.05) is 39.7 Å². The van der Waals surface area contributed by atoms with Gasteiger partial charge in [-0.05, 0) is 48.4 Å². The molecule has 0 amide bonds. The Balaban J connectivity index is 2.16. The van der Waals surface area contributed by atoms with Gasteiger partial charge in [-0.25, -0.2) is 0 Å². The van der Waals surface area contributed by atoms with Crippen molar-refractivity contribution in [1.29, 1.82) is 0 Å². The number of aliphatic hydroxyl groups is 1. The van der Waals surface area contributed by atoms with Crippen LogP contribution >= 0.6 is 27.5 Å². The fraction of sp³-hybridized carbons (Fsp3) is 0.294. The predicted octanol–water partition coefficient (Wildman–Crippen LogP) is 4.65. The Kier molecular flexibility index (Phi) is 5.31. The number of methoxy groups -OCH3 is 1. The van der Waals surface area contributed by atoms with E-state index in [0.29, 0.717) is 17.9 Å². The van der Waals surface area contributed by atoms with Crippen LogP contribution in [0, 0.1) is 0 Å². The fourth-order valence-electron chi connectivity index (χ4n) is 2.40. The molecule has 0 heterocycles. The third-order valence-corrected chi connectivity index (χ3v) is 4.06. The van der Waals surface area contributed by atoms with Crippen LogP contribution < -0.4 is 4.74 Å². The topological polar surface area (TPSA) is 29.5 Å². The molecule has 2 aromatic rings. The average Bonchev–Trinajstić information content (AvgIpc) is 2.41. The highest BCUT2D eigenvalue weighted by Gasteiger charge is 2.23. The molecule has 0 aliphatic carbocycles. The van der Waals surface area contributed by atoms with Crippen LogP contribution in [0.3, 0.4) is 0 Å². The molecule has 4 heteroatoms. The van der Waals surface area contributed by atoms with Gasteiger partial charge in [-0.15, -0.1) is 0 Å². The monoisotopic (exact) mass is 368 g/mol. The van der Waals surface area contributed by atoms with E-state index >= 15 is 0 Å². The van der Waals surface area contributed by atoms with Crippen LogP contribution in [0.4, 0.5) is 0 Å². The van der Waals surface area contributed by atoms with Gasteiger partial charge in [-0.2, -0.15) is 0 Å². The Morgan fingerprint density at radius 3 is 2.43 bits per heavy atom. The molecule has 0 aliphatic heterocycles. The third kappa shape index (κ3) is 4.73. The zero-order valence-electron chi connectivity index (χ0n) is 12.1. The second kappa shape index (κ2) is 6.82. The first-order valence-corrected chi connectivity index (χ1v) is 7.86. The van der Waals surface area contributed by atoms with E-state index in [1.165, 1.54) is 0 Å². The molecule has 2 rings (SSSR count). The molecular weight excluding hydrogens is 352 g/mol. The maximum absolute atomic E-state index is 10.7. The average molecular weight is 370 g/mol. The van der Waals surface area contributed by atoms with Crippen molar-refractivity contribution in [3.63, 3.8) is 0 Å². The van der Waals surface area contributed by atoms with Crippen molar-refractivity contribution in [3.05, 3.63) is 63.1 Å². The van der Waals surface area contributed by atoms with Crippen LogP contribution in [0.15, 0.2) is 46.9 Å². The molecule has 112 valence electrons. The third-order valence-electron chi connectivity index (χ3n) is 3.31. The normalized spacial score (nSPS) is 13.8. The van der Waals surface area contributed by atoms with Gasteiger partial charge in [0, 0.05) is 22.3 Å². The molecule has 0 radical (unpaired) electrons. The quantitative estimate of drug-likeness (QED) is 0.831. The molecule has 2 aromatic carbocycles. The highest BCUT2D eigenvalue weighted by molar-refractivity contribution is 9.10. The van der Waals surface area contributed by atoms with E-state index in [-0.39, 0.29) is 0 Å². The minimum absolute atomic E-state index is 0.512. The summed E-state index contributed by atoms with van der Waals surface area (Å²) < 4.78 is 6.34. The smallest absolute Gasteiger partial charge is 0.122 e. The van der Waals surface area contributed by atoms with E-state index in [1.54, 1.807) is 7.11 Å². The summed E-state index contributed by atoms with van der Waals surface area (Å²) in [7, 11) is 1.64. The molecule has 0 fully saturated rings. The van der Waals surface area contributed by atoms with Gasteiger partial charge in [0.25, 0.3) is 0 Å². The van der Waals surface area contributed by atoms with Gasteiger partial charge in [0.1, 0.15) is 5.75 Å². The number of rotatable bonds is 5. The lowest BCUT2D eigenvalue weighted by atomic mass is 9.89. The molecule has 0 saturated carbocycles. The molecule has 1 N–H and O–H groups in total. The number of benzene rings is 2. The number of hydrogen-bond acceptors (Lipinski definition) is 2. The lowest BCUT2D eigenvalue weighted by molar-refractivity contribution is 0.0602. The Hall–Kier alpha value is -1.03. The van der Waals surface area contributed by atoms with Crippen LogP contribution in [-0.4, -0.2) is 17.8 Å². The van der Waals surface area contributed by atoms with Crippen molar-refractivity contribution in [3.8, 4) is 5.75 Å². The van der Waals surface area contributed by atoms with Gasteiger partial charge in [0.2, 0.25) is 0 Å². The standard InChI is InChI=1S/C17H18BrClO2/c1-17(20,10-12-3-6-15(19)7-4-12)11-13-9-14(18)5-8-16(13)21-2/h3-9,20H,10-11H2,1-2H3. The van der Waals surface area contributed by atoms with Crippen molar-refractivity contribution in [2.24, 2.45) is 0 Å². The molecular formula is C17H18BrClO2. The maximum atomic E-state index is 10.7. The number of halogens is 2. The SMILES string of the molecule is COc1ccc(Br)cc1CC(C)(O)Cc1ccc(Cl)cc1. The molecule has 2 nitrogen and oxygen atoms in total. The minimum atomic E-state index is -0.859. The first kappa shape index (κ1) is 16.3. The fourth-order valence-corrected chi connectivity index (χ4v) is 2.93. The molecule has 0 aromatic heterocycles. The first-order valence-electron chi connectivity index (χ1n) is 6.69. The van der Waals surface area contributed by atoms with E-state index in [0.717, 1.165) is 21.3 Å². The van der Waals surface area contributed by atoms with Crippen molar-refractivity contribution >= 4 is 27.5 Å². The van der Waals surface area contributed by atoms with Gasteiger partial charge in [0.15, 0.2) is 0 Å². The number of hydrogen-bond donors (Lipinski definition) is 1. The first-order chi connectivity index (χ1) is 9.89. The lowest BCUT2D eigenvalue weighted by Gasteiger charge is -2.24. The molecule has 0 aliphatic rings. The van der Waals surface area contributed by atoms with Crippen LogP contribution in [0.1, 0.15) is 18.1 Å². The van der Waals surface area contributed by atoms with E-state index < -0.39 is 5.60 Å². The second-order valence-electron chi connectivity index (χ2n) is 5.43. The van der Waals surface area contributed by atoms with Crippen molar-refractivity contribution < 1.29 is 9.84 Å². The Labute approximate surface area is 138 Å². The predicted molar refractivity (Wildman–Crippen MR) is 90.2 cm³/mol. The number of ether oxygens (including phenoxy) is 1. The summed E-state index contributed by atoms with van der Waals surface area (Å²) in [6, 6.07) is 13.4. The molecule has 1 atom stereocenters. The van der Waals surface area contributed by atoms with Crippen LogP contribution in [-0.2, 0) is 12.8 Å². The van der Waals surface area contributed by atoms with Gasteiger partial charge in [0.05, 0.1) is 12.7 Å². The van der Waals surface area contributed by atoms with E-state index in [2.05, 4.69) is 15.9 Å². The molecule has 1 unspecified atom stereocenters. The van der Waals surface area contributed by atoms with Crippen LogP contribution in [0.2, 0.25) is 5.02 Å². The van der Waals surface area contributed by atoms with Crippen molar-refractivity contribution in [2.75, 3.05) is 7.11 Å². The zero-order chi connectivity index (χ0) is 15.5. The van der Waals surface area contributed by atoms with E-state index in [9.17, 15) is 5.11 Å². The van der Waals surface area contributed by atoms with Gasteiger partial charge >= 0.3 is 0 Å².